The summed E-state index contributed by atoms with van der Waals surface area (Å²) in [6.07, 6.45) is 1.75. The third-order valence-corrected chi connectivity index (χ3v) is 12.6. The summed E-state index contributed by atoms with van der Waals surface area (Å²) in [6.45, 7) is 5.25. The minimum atomic E-state index is 0.908. The highest BCUT2D eigenvalue weighted by atomic mass is 15.1. The molecule has 0 aliphatic carbocycles. The van der Waals surface area contributed by atoms with Crippen LogP contribution in [0.3, 0.4) is 0 Å². The van der Waals surface area contributed by atoms with Crippen molar-refractivity contribution in [3.8, 4) is 39.6 Å². The molecule has 0 bridgehead atoms. The molecule has 3 aromatic heterocycles. The van der Waals surface area contributed by atoms with Gasteiger partial charge in [0.15, 0.2) is 0 Å². The van der Waals surface area contributed by atoms with Gasteiger partial charge in [0.25, 0.3) is 0 Å². The number of aromatic nitrogens is 4. The molecule has 0 aliphatic rings. The van der Waals surface area contributed by atoms with Gasteiger partial charge in [0.05, 0.1) is 33.1 Å². The van der Waals surface area contributed by atoms with Gasteiger partial charge in [0.1, 0.15) is 5.82 Å². The second kappa shape index (κ2) is 15.2. The van der Waals surface area contributed by atoms with Crippen LogP contribution >= 0.6 is 0 Å². The molecule has 0 amide bonds. The van der Waals surface area contributed by atoms with Crippen molar-refractivity contribution in [1.82, 2.24) is 18.7 Å². The highest BCUT2D eigenvalue weighted by molar-refractivity contribution is 6.24. The fourth-order valence-corrected chi connectivity index (χ4v) is 9.93. The van der Waals surface area contributed by atoms with Gasteiger partial charge in [0, 0.05) is 54.9 Å². The number of fused-ring (bicyclic) bond motifs is 12. The molecule has 13 aromatic rings. The Morgan fingerprint density at radius 1 is 0.344 bits per heavy atom. The highest BCUT2D eigenvalue weighted by Gasteiger charge is 2.22. The summed E-state index contributed by atoms with van der Waals surface area (Å²) in [5.41, 5.74) is 13.6. The normalized spacial score (nSPS) is 11.6. The lowest BCUT2D eigenvalue weighted by Gasteiger charge is -2.15. The highest BCUT2D eigenvalue weighted by Crippen LogP contribution is 2.42. The summed E-state index contributed by atoms with van der Waals surface area (Å²) in [7, 11) is 0. The average Bonchev–Trinajstić information content (AvgIpc) is 4.03. The number of nitrogens with zero attached hydrogens (tertiary/aromatic N) is 4. The van der Waals surface area contributed by atoms with E-state index in [0.29, 0.717) is 0 Å². The number of para-hydroxylation sites is 3. The molecule has 0 spiro atoms. The van der Waals surface area contributed by atoms with Crippen molar-refractivity contribution in [3.05, 3.63) is 231 Å². The standard InChI is InChI=1S/C57H36N4.C3H6/c1-3-16-37(17-4-1)38-30-32-39(33-31-38)57-58-55-47-26-9-7-22-43(47)44-23-8-10-27-48(44)56(55)61(57)42-21-15-20-41(34-42)60-52-29-14-12-25-46(52)50-35-53-49(36-54(50)60)45-24-11-13-28-51(45)59(53)40-18-5-2-6-19-40;1-3-2/h1-36H;3H,1H2,2H3. The third kappa shape index (κ3) is 5.80. The number of benzene rings is 10. The van der Waals surface area contributed by atoms with Crippen LogP contribution in [0.15, 0.2) is 231 Å². The molecule has 64 heavy (non-hydrogen) atoms. The first-order chi connectivity index (χ1) is 31.7. The van der Waals surface area contributed by atoms with Gasteiger partial charge in [-0.05, 0) is 83.4 Å². The van der Waals surface area contributed by atoms with E-state index in [1.165, 1.54) is 70.9 Å². The SMILES string of the molecule is C=CC.c1ccc(-c2ccc(-c3nc4c5ccccc5c5ccccc5c4n3-c3cccc(-n4c5ccccc5c5cc6c(cc54)c4ccccc4n6-c4ccccc4)c3)cc2)cc1. The van der Waals surface area contributed by atoms with E-state index in [0.717, 1.165) is 44.9 Å². The molecule has 0 radical (unpaired) electrons. The van der Waals surface area contributed by atoms with E-state index in [1.54, 1.807) is 6.08 Å². The summed E-state index contributed by atoms with van der Waals surface area (Å²) in [5.74, 6) is 0.908. The second-order valence-corrected chi connectivity index (χ2v) is 16.4. The van der Waals surface area contributed by atoms with Crippen LogP contribution in [-0.4, -0.2) is 18.7 Å². The average molecular weight is 819 g/mol. The van der Waals surface area contributed by atoms with Gasteiger partial charge in [0.2, 0.25) is 0 Å². The molecular formula is C60H42N4. The summed E-state index contributed by atoms with van der Waals surface area (Å²) in [5, 5.41) is 9.66. The monoisotopic (exact) mass is 818 g/mol. The Bertz CT molecular complexity index is 3910. The largest absolute Gasteiger partial charge is 0.309 e. The zero-order valence-electron chi connectivity index (χ0n) is 35.4. The Morgan fingerprint density at radius 2 is 0.766 bits per heavy atom. The third-order valence-electron chi connectivity index (χ3n) is 12.6. The Morgan fingerprint density at radius 3 is 1.38 bits per heavy atom. The first-order valence-electron chi connectivity index (χ1n) is 21.9. The number of rotatable bonds is 5. The van der Waals surface area contributed by atoms with Crippen molar-refractivity contribution in [2.75, 3.05) is 0 Å². The van der Waals surface area contributed by atoms with E-state index in [2.05, 4.69) is 239 Å². The summed E-state index contributed by atoms with van der Waals surface area (Å²) in [4.78, 5) is 5.58. The van der Waals surface area contributed by atoms with Crippen LogP contribution in [0, 0.1) is 0 Å². The summed E-state index contributed by atoms with van der Waals surface area (Å²) < 4.78 is 7.25. The summed E-state index contributed by atoms with van der Waals surface area (Å²) >= 11 is 0. The zero-order chi connectivity index (χ0) is 42.7. The lowest BCUT2D eigenvalue weighted by molar-refractivity contribution is 1.09. The van der Waals surface area contributed by atoms with Gasteiger partial charge in [-0.1, -0.05) is 170 Å². The van der Waals surface area contributed by atoms with Crippen LogP contribution in [0.4, 0.5) is 0 Å². The summed E-state index contributed by atoms with van der Waals surface area (Å²) in [6, 6.07) is 79.0. The molecule has 0 atom stereocenters. The van der Waals surface area contributed by atoms with Crippen LogP contribution < -0.4 is 0 Å². The molecule has 0 aliphatic heterocycles. The molecule has 0 saturated heterocycles. The lowest BCUT2D eigenvalue weighted by atomic mass is 10.00. The fraction of sp³-hybridized carbons (Fsp3) is 0.0167. The Kier molecular flexibility index (Phi) is 8.84. The molecule has 0 fully saturated rings. The van der Waals surface area contributed by atoms with Gasteiger partial charge in [-0.2, -0.15) is 0 Å². The van der Waals surface area contributed by atoms with E-state index in [9.17, 15) is 0 Å². The Labute approximate surface area is 370 Å². The first-order valence-corrected chi connectivity index (χ1v) is 21.9. The number of hydrogen-bond donors (Lipinski definition) is 0. The molecule has 0 unspecified atom stereocenters. The van der Waals surface area contributed by atoms with Crippen LogP contribution in [0.1, 0.15) is 6.92 Å². The quantitative estimate of drug-likeness (QED) is 0.126. The van der Waals surface area contributed by atoms with Crippen molar-refractivity contribution in [2.24, 2.45) is 0 Å². The molecule has 13 rings (SSSR count). The van der Waals surface area contributed by atoms with Crippen LogP contribution in [0.5, 0.6) is 0 Å². The maximum atomic E-state index is 5.58. The molecule has 4 nitrogen and oxygen atoms in total. The lowest BCUT2D eigenvalue weighted by Crippen LogP contribution is -2.01. The van der Waals surface area contributed by atoms with E-state index in [4.69, 9.17) is 4.98 Å². The van der Waals surface area contributed by atoms with Gasteiger partial charge >= 0.3 is 0 Å². The minimum absolute atomic E-state index is 0.908. The predicted molar refractivity (Wildman–Crippen MR) is 272 cm³/mol. The van der Waals surface area contributed by atoms with Gasteiger partial charge in [-0.25, -0.2) is 4.98 Å². The molecule has 3 heterocycles. The van der Waals surface area contributed by atoms with Crippen LogP contribution in [0.2, 0.25) is 0 Å². The predicted octanol–water partition coefficient (Wildman–Crippen LogP) is 16.1. The van der Waals surface area contributed by atoms with E-state index in [1.807, 2.05) is 6.92 Å². The topological polar surface area (TPSA) is 27.7 Å². The minimum Gasteiger partial charge on any atom is -0.309 e. The number of hydrogen-bond acceptors (Lipinski definition) is 1. The number of allylic oxidation sites excluding steroid dienone is 1. The van der Waals surface area contributed by atoms with Gasteiger partial charge in [-0.15, -0.1) is 6.58 Å². The molecule has 302 valence electrons. The number of imidazole rings is 1. The molecule has 0 saturated carbocycles. The van der Waals surface area contributed by atoms with Crippen molar-refractivity contribution in [3.63, 3.8) is 0 Å². The van der Waals surface area contributed by atoms with Crippen molar-refractivity contribution in [2.45, 2.75) is 6.92 Å². The van der Waals surface area contributed by atoms with Gasteiger partial charge in [-0.3, -0.25) is 4.57 Å². The fourth-order valence-electron chi connectivity index (χ4n) is 9.93. The second-order valence-electron chi connectivity index (χ2n) is 16.4. The van der Waals surface area contributed by atoms with Crippen LogP contribution in [-0.2, 0) is 0 Å². The van der Waals surface area contributed by atoms with Crippen molar-refractivity contribution >= 4 is 76.2 Å². The van der Waals surface area contributed by atoms with Gasteiger partial charge < -0.3 is 9.13 Å². The Hall–Kier alpha value is -8.47. The van der Waals surface area contributed by atoms with E-state index in [-0.39, 0.29) is 0 Å². The zero-order valence-corrected chi connectivity index (χ0v) is 35.4. The molecule has 0 N–H and O–H groups in total. The maximum absolute atomic E-state index is 5.58. The van der Waals surface area contributed by atoms with Crippen molar-refractivity contribution < 1.29 is 0 Å². The molecule has 4 heteroatoms. The van der Waals surface area contributed by atoms with E-state index < -0.39 is 0 Å². The van der Waals surface area contributed by atoms with Crippen molar-refractivity contribution in [1.29, 1.82) is 0 Å². The van der Waals surface area contributed by atoms with Crippen LogP contribution in [0.25, 0.3) is 116 Å². The Balaban J connectivity index is 0.00000141. The van der Waals surface area contributed by atoms with E-state index >= 15 is 0 Å². The first kappa shape index (κ1) is 37.3. The molecule has 10 aromatic carbocycles. The maximum Gasteiger partial charge on any atom is 0.145 e. The smallest absolute Gasteiger partial charge is 0.145 e. The molecular weight excluding hydrogens is 777 g/mol.